The molecule has 1 unspecified atom stereocenters. The van der Waals surface area contributed by atoms with Crippen molar-refractivity contribution in [2.24, 2.45) is 5.73 Å². The van der Waals surface area contributed by atoms with Gasteiger partial charge in [-0.15, -0.1) is 0 Å². The normalized spacial score (nSPS) is 16.5. The summed E-state index contributed by atoms with van der Waals surface area (Å²) in [5.41, 5.74) is 10.4. The molecule has 1 saturated heterocycles. The number of amides is 2. The zero-order valence-electron chi connectivity index (χ0n) is 16.9. The lowest BCUT2D eigenvalue weighted by molar-refractivity contribution is -0.122. The van der Waals surface area contributed by atoms with Crippen LogP contribution in [0.15, 0.2) is 54.6 Å². The average molecular weight is 403 g/mol. The van der Waals surface area contributed by atoms with Crippen molar-refractivity contribution < 1.29 is 9.59 Å². The second-order valence-electron chi connectivity index (χ2n) is 7.68. The lowest BCUT2D eigenvalue weighted by atomic mass is 10.1. The van der Waals surface area contributed by atoms with E-state index in [0.29, 0.717) is 17.9 Å². The Balaban J connectivity index is 1.49. The number of hydrogen-bond donors (Lipinski definition) is 3. The molecular weight excluding hydrogens is 378 g/mol. The highest BCUT2D eigenvalue weighted by molar-refractivity contribution is 6.03. The number of nitrogens with zero attached hydrogens (tertiary/aromatic N) is 2. The smallest absolute Gasteiger partial charge is 0.273 e. The fraction of sp³-hybridized carbons (Fsp3) is 0.261. The zero-order chi connectivity index (χ0) is 21.1. The van der Waals surface area contributed by atoms with Gasteiger partial charge in [0, 0.05) is 17.8 Å². The van der Waals surface area contributed by atoms with Crippen molar-refractivity contribution in [2.75, 3.05) is 11.9 Å². The number of nitrogens with one attached hydrogen (secondary N) is 2. The number of primary amides is 1. The molecule has 1 atom stereocenters. The second kappa shape index (κ2) is 8.51. The van der Waals surface area contributed by atoms with Gasteiger partial charge in [0.1, 0.15) is 5.69 Å². The maximum absolute atomic E-state index is 12.8. The highest BCUT2D eigenvalue weighted by Crippen LogP contribution is 2.24. The number of carbonyl (C=O) groups is 2. The van der Waals surface area contributed by atoms with Crippen LogP contribution < -0.4 is 11.1 Å². The molecule has 1 aliphatic rings. The molecule has 1 fully saturated rings. The number of rotatable bonds is 6. The number of aryl methyl sites for hydroxylation is 1. The van der Waals surface area contributed by atoms with Crippen LogP contribution in [-0.2, 0) is 11.3 Å². The van der Waals surface area contributed by atoms with E-state index in [-0.39, 0.29) is 17.9 Å². The van der Waals surface area contributed by atoms with Gasteiger partial charge in [0.25, 0.3) is 5.91 Å². The Kier molecular flexibility index (Phi) is 5.63. The van der Waals surface area contributed by atoms with E-state index in [0.717, 1.165) is 36.2 Å². The SMILES string of the molecule is Cc1ccc(-c2cc(C(=O)Nc3ccccc3CN3CCCC3C(N)=O)[nH]n2)cc1. The van der Waals surface area contributed by atoms with Gasteiger partial charge in [-0.2, -0.15) is 5.10 Å². The number of hydrogen-bond acceptors (Lipinski definition) is 4. The van der Waals surface area contributed by atoms with Crippen LogP contribution in [0, 0.1) is 6.92 Å². The van der Waals surface area contributed by atoms with Gasteiger partial charge in [0.15, 0.2) is 0 Å². The third-order valence-electron chi connectivity index (χ3n) is 5.50. The quantitative estimate of drug-likeness (QED) is 0.588. The van der Waals surface area contributed by atoms with Crippen LogP contribution in [0.4, 0.5) is 5.69 Å². The van der Waals surface area contributed by atoms with Gasteiger partial charge < -0.3 is 11.1 Å². The summed E-state index contributed by atoms with van der Waals surface area (Å²) >= 11 is 0. The number of aromatic nitrogens is 2. The first kappa shape index (κ1) is 19.8. The maximum Gasteiger partial charge on any atom is 0.273 e. The first-order valence-corrected chi connectivity index (χ1v) is 10.1. The van der Waals surface area contributed by atoms with Crippen molar-refractivity contribution in [3.8, 4) is 11.3 Å². The Morgan fingerprint density at radius 3 is 2.73 bits per heavy atom. The number of H-pyrrole nitrogens is 1. The molecule has 30 heavy (non-hydrogen) atoms. The average Bonchev–Trinajstić information content (AvgIpc) is 3.40. The Labute approximate surface area is 175 Å². The molecule has 0 saturated carbocycles. The number of carbonyl (C=O) groups excluding carboxylic acids is 2. The number of para-hydroxylation sites is 1. The highest BCUT2D eigenvalue weighted by Gasteiger charge is 2.29. The predicted molar refractivity (Wildman–Crippen MR) is 116 cm³/mol. The van der Waals surface area contributed by atoms with Crippen LogP contribution in [0.3, 0.4) is 0 Å². The minimum Gasteiger partial charge on any atom is -0.368 e. The molecule has 7 nitrogen and oxygen atoms in total. The highest BCUT2D eigenvalue weighted by atomic mass is 16.2. The number of nitrogens with two attached hydrogens (primary N) is 1. The fourth-order valence-electron chi connectivity index (χ4n) is 3.84. The third-order valence-corrected chi connectivity index (χ3v) is 5.50. The number of anilines is 1. The molecule has 2 amide bonds. The maximum atomic E-state index is 12.8. The molecule has 4 N–H and O–H groups in total. The summed E-state index contributed by atoms with van der Waals surface area (Å²) < 4.78 is 0. The Morgan fingerprint density at radius 2 is 1.97 bits per heavy atom. The van der Waals surface area contributed by atoms with Gasteiger partial charge in [-0.1, -0.05) is 48.0 Å². The summed E-state index contributed by atoms with van der Waals surface area (Å²) in [7, 11) is 0. The lowest BCUT2D eigenvalue weighted by Gasteiger charge is -2.23. The molecule has 1 aliphatic heterocycles. The number of aromatic amines is 1. The predicted octanol–water partition coefficient (Wildman–Crippen LogP) is 3.09. The molecule has 7 heteroatoms. The molecule has 0 spiro atoms. The van der Waals surface area contributed by atoms with E-state index in [1.165, 1.54) is 5.56 Å². The summed E-state index contributed by atoms with van der Waals surface area (Å²) in [5.74, 6) is -0.559. The molecule has 2 aromatic carbocycles. The van der Waals surface area contributed by atoms with Crippen LogP contribution >= 0.6 is 0 Å². The minimum atomic E-state index is -0.296. The van der Waals surface area contributed by atoms with E-state index in [9.17, 15) is 9.59 Å². The first-order valence-electron chi connectivity index (χ1n) is 10.1. The topological polar surface area (TPSA) is 104 Å². The summed E-state index contributed by atoms with van der Waals surface area (Å²) in [6, 6.07) is 17.1. The molecule has 0 aliphatic carbocycles. The van der Waals surface area contributed by atoms with Crippen LogP contribution in [0.2, 0.25) is 0 Å². The van der Waals surface area contributed by atoms with Crippen molar-refractivity contribution in [1.82, 2.24) is 15.1 Å². The standard InChI is InChI=1S/C23H25N5O2/c1-15-8-10-16(11-9-15)19-13-20(27-26-19)23(30)25-18-6-3-2-5-17(18)14-28-12-4-7-21(28)22(24)29/h2-3,5-6,8-11,13,21H,4,7,12,14H2,1H3,(H2,24,29)(H,25,30)(H,26,27). The molecule has 3 aromatic rings. The van der Waals surface area contributed by atoms with E-state index < -0.39 is 0 Å². The van der Waals surface area contributed by atoms with Crippen molar-refractivity contribution in [2.45, 2.75) is 32.4 Å². The second-order valence-corrected chi connectivity index (χ2v) is 7.68. The van der Waals surface area contributed by atoms with E-state index in [2.05, 4.69) is 20.4 Å². The summed E-state index contributed by atoms with van der Waals surface area (Å²) in [4.78, 5) is 26.6. The Hall–Kier alpha value is -3.45. The van der Waals surface area contributed by atoms with Gasteiger partial charge in [0.2, 0.25) is 5.91 Å². The van der Waals surface area contributed by atoms with Gasteiger partial charge >= 0.3 is 0 Å². The molecule has 0 radical (unpaired) electrons. The molecule has 0 bridgehead atoms. The summed E-state index contributed by atoms with van der Waals surface area (Å²) in [6.45, 7) is 3.40. The van der Waals surface area contributed by atoms with Gasteiger partial charge in [-0.3, -0.25) is 19.6 Å². The van der Waals surface area contributed by atoms with Crippen molar-refractivity contribution >= 4 is 17.5 Å². The largest absolute Gasteiger partial charge is 0.368 e. The minimum absolute atomic E-state index is 0.251. The van der Waals surface area contributed by atoms with E-state index in [1.807, 2.05) is 55.5 Å². The number of benzene rings is 2. The monoisotopic (exact) mass is 403 g/mol. The van der Waals surface area contributed by atoms with Crippen molar-refractivity contribution in [3.63, 3.8) is 0 Å². The van der Waals surface area contributed by atoms with Gasteiger partial charge in [-0.05, 0) is 44.0 Å². The van der Waals surface area contributed by atoms with Crippen LogP contribution in [0.25, 0.3) is 11.3 Å². The van der Waals surface area contributed by atoms with Crippen LogP contribution in [0.1, 0.15) is 34.5 Å². The summed E-state index contributed by atoms with van der Waals surface area (Å²) in [5, 5.41) is 10.1. The Bertz CT molecular complexity index is 1060. The number of likely N-dealkylation sites (tertiary alicyclic amines) is 1. The summed E-state index contributed by atoms with van der Waals surface area (Å²) in [6.07, 6.45) is 1.72. The lowest BCUT2D eigenvalue weighted by Crippen LogP contribution is -2.39. The van der Waals surface area contributed by atoms with Crippen molar-refractivity contribution in [3.05, 3.63) is 71.4 Å². The molecule has 4 rings (SSSR count). The van der Waals surface area contributed by atoms with E-state index >= 15 is 0 Å². The van der Waals surface area contributed by atoms with Gasteiger partial charge in [0.05, 0.1) is 11.7 Å². The molecule has 2 heterocycles. The van der Waals surface area contributed by atoms with E-state index in [4.69, 9.17) is 5.73 Å². The molecular formula is C23H25N5O2. The van der Waals surface area contributed by atoms with Gasteiger partial charge in [-0.25, -0.2) is 0 Å². The molecule has 1 aromatic heterocycles. The molecule has 154 valence electrons. The Morgan fingerprint density at radius 1 is 1.20 bits per heavy atom. The fourth-order valence-corrected chi connectivity index (χ4v) is 3.84. The van der Waals surface area contributed by atoms with Crippen LogP contribution in [0.5, 0.6) is 0 Å². The zero-order valence-corrected chi connectivity index (χ0v) is 16.9. The first-order chi connectivity index (χ1) is 14.5. The van der Waals surface area contributed by atoms with Crippen LogP contribution in [-0.4, -0.2) is 39.5 Å². The third kappa shape index (κ3) is 4.26. The van der Waals surface area contributed by atoms with E-state index in [1.54, 1.807) is 6.07 Å². The van der Waals surface area contributed by atoms with Crippen molar-refractivity contribution in [1.29, 1.82) is 0 Å².